The van der Waals surface area contributed by atoms with Crippen molar-refractivity contribution in [1.82, 2.24) is 0 Å². The van der Waals surface area contributed by atoms with Gasteiger partial charge in [0.25, 0.3) is 5.91 Å². The molecule has 0 bridgehead atoms. The van der Waals surface area contributed by atoms with E-state index in [1.165, 1.54) is 28.8 Å². The molecule has 6 nitrogen and oxygen atoms in total. The Hall–Kier alpha value is -3.36. The van der Waals surface area contributed by atoms with Gasteiger partial charge in [0.15, 0.2) is 4.32 Å². The SMILES string of the molecule is CCOc1ccc(N2C(=O)/C(=C/c3ccc(-c4ccc(C(=O)O)cc4)o3)SC2=S)cc1. The number of aromatic carboxylic acids is 1. The predicted molar refractivity (Wildman–Crippen MR) is 124 cm³/mol. The molecule has 1 saturated heterocycles. The number of carboxylic acids is 1. The third kappa shape index (κ3) is 4.40. The van der Waals surface area contributed by atoms with Crippen LogP contribution in [0.5, 0.6) is 5.75 Å². The number of amides is 1. The van der Waals surface area contributed by atoms with Crippen LogP contribution in [0, 0.1) is 0 Å². The molecule has 3 aromatic rings. The van der Waals surface area contributed by atoms with Crippen molar-refractivity contribution >= 4 is 51.9 Å². The average molecular weight is 452 g/mol. The van der Waals surface area contributed by atoms with Crippen LogP contribution in [0.3, 0.4) is 0 Å². The first-order valence-electron chi connectivity index (χ1n) is 9.40. The molecule has 1 aliphatic heterocycles. The normalized spacial score (nSPS) is 15.0. The molecule has 1 aliphatic rings. The van der Waals surface area contributed by atoms with Gasteiger partial charge >= 0.3 is 5.97 Å². The molecule has 2 aromatic carbocycles. The van der Waals surface area contributed by atoms with E-state index >= 15 is 0 Å². The fraction of sp³-hybridized carbons (Fsp3) is 0.0870. The highest BCUT2D eigenvalue weighted by Crippen LogP contribution is 2.37. The molecule has 4 rings (SSSR count). The molecule has 0 saturated carbocycles. The van der Waals surface area contributed by atoms with Crippen molar-refractivity contribution in [2.75, 3.05) is 11.5 Å². The number of benzene rings is 2. The van der Waals surface area contributed by atoms with Gasteiger partial charge in [0.2, 0.25) is 0 Å². The number of anilines is 1. The maximum absolute atomic E-state index is 12.9. The van der Waals surface area contributed by atoms with E-state index in [-0.39, 0.29) is 11.5 Å². The minimum Gasteiger partial charge on any atom is -0.494 e. The lowest BCUT2D eigenvalue weighted by molar-refractivity contribution is -0.113. The highest BCUT2D eigenvalue weighted by Gasteiger charge is 2.33. The van der Waals surface area contributed by atoms with E-state index in [0.29, 0.717) is 33.0 Å². The molecule has 0 aliphatic carbocycles. The van der Waals surface area contributed by atoms with Gasteiger partial charge in [0, 0.05) is 11.6 Å². The van der Waals surface area contributed by atoms with Gasteiger partial charge in [-0.3, -0.25) is 9.69 Å². The standard InChI is InChI=1S/C23H17NO5S2/c1-2-28-17-9-7-16(8-10-17)24-21(25)20(31-23(24)30)13-18-11-12-19(29-18)14-3-5-15(6-4-14)22(26)27/h3-13H,2H2,1H3,(H,26,27)/b20-13-. The van der Waals surface area contributed by atoms with Crippen LogP contribution < -0.4 is 9.64 Å². The van der Waals surface area contributed by atoms with Gasteiger partial charge in [-0.25, -0.2) is 4.79 Å². The van der Waals surface area contributed by atoms with Gasteiger partial charge in [-0.15, -0.1) is 0 Å². The molecule has 1 amide bonds. The predicted octanol–water partition coefficient (Wildman–Crippen LogP) is 5.45. The van der Waals surface area contributed by atoms with Crippen LogP contribution >= 0.6 is 24.0 Å². The van der Waals surface area contributed by atoms with Crippen LogP contribution in [0.1, 0.15) is 23.0 Å². The second kappa shape index (κ2) is 8.79. The van der Waals surface area contributed by atoms with Gasteiger partial charge in [0.05, 0.1) is 22.8 Å². The Morgan fingerprint density at radius 3 is 2.48 bits per heavy atom. The summed E-state index contributed by atoms with van der Waals surface area (Å²) < 4.78 is 11.7. The van der Waals surface area contributed by atoms with Crippen LogP contribution in [0.4, 0.5) is 5.69 Å². The summed E-state index contributed by atoms with van der Waals surface area (Å²) in [6.07, 6.45) is 1.66. The van der Waals surface area contributed by atoms with Crippen molar-refractivity contribution in [3.63, 3.8) is 0 Å². The fourth-order valence-corrected chi connectivity index (χ4v) is 4.32. The summed E-state index contributed by atoms with van der Waals surface area (Å²) in [6.45, 7) is 2.48. The number of nitrogens with zero attached hydrogens (tertiary/aromatic N) is 1. The highest BCUT2D eigenvalue weighted by atomic mass is 32.2. The van der Waals surface area contributed by atoms with Crippen molar-refractivity contribution in [2.45, 2.75) is 6.92 Å². The number of thiocarbonyl (C=S) groups is 1. The van der Waals surface area contributed by atoms with Crippen molar-refractivity contribution < 1.29 is 23.8 Å². The summed E-state index contributed by atoms with van der Waals surface area (Å²) in [5.41, 5.74) is 1.62. The largest absolute Gasteiger partial charge is 0.494 e. The lowest BCUT2D eigenvalue weighted by Gasteiger charge is -2.15. The minimum absolute atomic E-state index is 0.202. The Bertz CT molecular complexity index is 1180. The molecule has 1 N–H and O–H groups in total. The number of carboxylic acid groups (broad SMARTS) is 1. The molecule has 0 spiro atoms. The van der Waals surface area contributed by atoms with Crippen LogP contribution in [0.25, 0.3) is 17.4 Å². The first-order valence-corrected chi connectivity index (χ1v) is 10.6. The molecular weight excluding hydrogens is 434 g/mol. The lowest BCUT2D eigenvalue weighted by Crippen LogP contribution is -2.27. The Labute approximate surface area is 188 Å². The maximum atomic E-state index is 12.9. The number of hydrogen-bond acceptors (Lipinski definition) is 6. The number of ether oxygens (including phenoxy) is 1. The van der Waals surface area contributed by atoms with E-state index in [1.807, 2.05) is 6.92 Å². The van der Waals surface area contributed by atoms with Crippen molar-refractivity contribution in [3.8, 4) is 17.1 Å². The zero-order chi connectivity index (χ0) is 22.0. The first kappa shape index (κ1) is 20.9. The topological polar surface area (TPSA) is 80.0 Å². The van der Waals surface area contributed by atoms with Gasteiger partial charge in [-0.05, 0) is 55.5 Å². The number of thioether (sulfide) groups is 1. The summed E-state index contributed by atoms with van der Waals surface area (Å²) >= 11 is 6.62. The average Bonchev–Trinajstić information content (AvgIpc) is 3.34. The molecule has 0 atom stereocenters. The number of carbonyl (C=O) groups is 2. The van der Waals surface area contributed by atoms with Gasteiger partial charge in [0.1, 0.15) is 17.3 Å². The molecule has 156 valence electrons. The summed E-state index contributed by atoms with van der Waals surface area (Å²) in [6, 6.07) is 17.1. The molecule has 0 radical (unpaired) electrons. The maximum Gasteiger partial charge on any atom is 0.335 e. The monoisotopic (exact) mass is 451 g/mol. The lowest BCUT2D eigenvalue weighted by atomic mass is 10.1. The van der Waals surface area contributed by atoms with Gasteiger partial charge in [-0.1, -0.05) is 36.1 Å². The Morgan fingerprint density at radius 2 is 1.84 bits per heavy atom. The number of carbonyl (C=O) groups excluding carboxylic acids is 1. The Morgan fingerprint density at radius 1 is 1.13 bits per heavy atom. The molecule has 8 heteroatoms. The van der Waals surface area contributed by atoms with Crippen molar-refractivity contribution in [2.24, 2.45) is 0 Å². The van der Waals surface area contributed by atoms with E-state index in [4.69, 9.17) is 26.5 Å². The Kier molecular flexibility index (Phi) is 5.92. The first-order chi connectivity index (χ1) is 15.0. The third-order valence-electron chi connectivity index (χ3n) is 4.52. The third-order valence-corrected chi connectivity index (χ3v) is 5.82. The number of hydrogen-bond donors (Lipinski definition) is 1. The highest BCUT2D eigenvalue weighted by molar-refractivity contribution is 8.27. The van der Waals surface area contributed by atoms with E-state index in [1.54, 1.807) is 54.6 Å². The minimum atomic E-state index is -0.985. The zero-order valence-electron chi connectivity index (χ0n) is 16.4. The van der Waals surface area contributed by atoms with Gasteiger partial charge < -0.3 is 14.3 Å². The number of rotatable bonds is 6. The smallest absolute Gasteiger partial charge is 0.335 e. The summed E-state index contributed by atoms with van der Waals surface area (Å²) in [7, 11) is 0. The summed E-state index contributed by atoms with van der Waals surface area (Å²) in [5, 5.41) is 9.01. The quantitative estimate of drug-likeness (QED) is 0.394. The van der Waals surface area contributed by atoms with Gasteiger partial charge in [-0.2, -0.15) is 0 Å². The second-order valence-corrected chi connectivity index (χ2v) is 8.20. The molecule has 2 heterocycles. The van der Waals surface area contributed by atoms with Crippen LogP contribution in [0.2, 0.25) is 0 Å². The molecule has 0 unspecified atom stereocenters. The molecule has 1 aromatic heterocycles. The van der Waals surface area contributed by atoms with E-state index in [2.05, 4.69) is 0 Å². The molecule has 1 fully saturated rings. The van der Waals surface area contributed by atoms with Crippen LogP contribution in [-0.4, -0.2) is 27.9 Å². The van der Waals surface area contributed by atoms with Crippen molar-refractivity contribution in [1.29, 1.82) is 0 Å². The zero-order valence-corrected chi connectivity index (χ0v) is 18.0. The van der Waals surface area contributed by atoms with E-state index in [9.17, 15) is 9.59 Å². The molecular formula is C23H17NO5S2. The van der Waals surface area contributed by atoms with Crippen LogP contribution in [0.15, 0.2) is 70.0 Å². The summed E-state index contributed by atoms with van der Waals surface area (Å²) in [4.78, 5) is 25.9. The van der Waals surface area contributed by atoms with E-state index in [0.717, 1.165) is 11.3 Å². The van der Waals surface area contributed by atoms with Crippen molar-refractivity contribution in [3.05, 3.63) is 76.9 Å². The second-order valence-electron chi connectivity index (χ2n) is 6.53. The van der Waals surface area contributed by atoms with E-state index < -0.39 is 5.97 Å². The molecule has 31 heavy (non-hydrogen) atoms. The van der Waals surface area contributed by atoms with Crippen LogP contribution in [-0.2, 0) is 4.79 Å². The number of furan rings is 1. The fourth-order valence-electron chi connectivity index (χ4n) is 3.04. The summed E-state index contributed by atoms with van der Waals surface area (Å²) in [5.74, 6) is 0.602. The Balaban J connectivity index is 1.54.